The summed E-state index contributed by atoms with van der Waals surface area (Å²) in [4.78, 5) is 0. The molecular weight excluding hydrogens is 230 g/mol. The van der Waals surface area contributed by atoms with Crippen LogP contribution in [0, 0.1) is 6.92 Å². The summed E-state index contributed by atoms with van der Waals surface area (Å²) in [6.45, 7) is 7.88. The predicted octanol–water partition coefficient (Wildman–Crippen LogP) is 5.40. The first-order valence-electron chi connectivity index (χ1n) is 8.04. The van der Waals surface area contributed by atoms with Crippen LogP contribution < -0.4 is 5.32 Å². The average Bonchev–Trinajstić information content (AvgIpc) is 2.42. The average molecular weight is 261 g/mol. The highest BCUT2D eigenvalue weighted by Crippen LogP contribution is 2.16. The molecule has 19 heavy (non-hydrogen) atoms. The Labute approximate surface area is 119 Å². The summed E-state index contributed by atoms with van der Waals surface area (Å²) in [5.41, 5.74) is 2.83. The van der Waals surface area contributed by atoms with Gasteiger partial charge in [0.05, 0.1) is 0 Å². The molecule has 0 aromatic heterocycles. The third-order valence-corrected chi connectivity index (χ3v) is 3.89. The van der Waals surface area contributed by atoms with E-state index in [1.54, 1.807) is 0 Å². The first-order chi connectivity index (χ1) is 9.25. The fraction of sp³-hybridized carbons (Fsp3) is 0.667. The number of aryl methyl sites for hydroxylation is 1. The standard InChI is InChI=1S/C18H31N/c1-4-5-6-7-8-9-12-15-19-17(3)18-14-11-10-13-16(18)2/h10-11,13-14,17,19H,4-9,12,15H2,1-3H3/t17-/m0/s1. The molecular formula is C18H31N. The molecule has 0 heterocycles. The lowest BCUT2D eigenvalue weighted by Crippen LogP contribution is -2.20. The molecule has 1 heteroatoms. The molecule has 1 N–H and O–H groups in total. The van der Waals surface area contributed by atoms with Crippen molar-refractivity contribution in [3.05, 3.63) is 35.4 Å². The zero-order chi connectivity index (χ0) is 13.9. The molecule has 1 nitrogen and oxygen atoms in total. The van der Waals surface area contributed by atoms with E-state index in [-0.39, 0.29) is 0 Å². The molecule has 0 spiro atoms. The van der Waals surface area contributed by atoms with Crippen LogP contribution in [-0.4, -0.2) is 6.54 Å². The lowest BCUT2D eigenvalue weighted by Gasteiger charge is -2.16. The zero-order valence-corrected chi connectivity index (χ0v) is 13.0. The van der Waals surface area contributed by atoms with Crippen LogP contribution >= 0.6 is 0 Å². The minimum atomic E-state index is 0.473. The van der Waals surface area contributed by atoms with E-state index in [1.165, 1.54) is 56.1 Å². The minimum Gasteiger partial charge on any atom is -0.310 e. The van der Waals surface area contributed by atoms with E-state index in [0.717, 1.165) is 6.54 Å². The summed E-state index contributed by atoms with van der Waals surface area (Å²) in [6, 6.07) is 9.15. The lowest BCUT2D eigenvalue weighted by molar-refractivity contribution is 0.523. The van der Waals surface area contributed by atoms with E-state index < -0.39 is 0 Å². The molecule has 0 radical (unpaired) electrons. The summed E-state index contributed by atoms with van der Waals surface area (Å²) >= 11 is 0. The Morgan fingerprint density at radius 1 is 0.947 bits per heavy atom. The molecule has 1 rings (SSSR count). The predicted molar refractivity (Wildman–Crippen MR) is 85.6 cm³/mol. The molecule has 0 unspecified atom stereocenters. The third-order valence-electron chi connectivity index (χ3n) is 3.89. The monoisotopic (exact) mass is 261 g/mol. The first kappa shape index (κ1) is 16.2. The van der Waals surface area contributed by atoms with E-state index in [4.69, 9.17) is 0 Å². The van der Waals surface area contributed by atoms with Gasteiger partial charge in [-0.15, -0.1) is 0 Å². The van der Waals surface area contributed by atoms with Gasteiger partial charge in [-0.05, 0) is 37.9 Å². The van der Waals surface area contributed by atoms with E-state index in [0.29, 0.717) is 6.04 Å². The Morgan fingerprint density at radius 3 is 2.26 bits per heavy atom. The van der Waals surface area contributed by atoms with Crippen molar-refractivity contribution >= 4 is 0 Å². The fourth-order valence-electron chi connectivity index (χ4n) is 2.58. The Bertz CT molecular complexity index is 332. The zero-order valence-electron chi connectivity index (χ0n) is 13.0. The van der Waals surface area contributed by atoms with Crippen molar-refractivity contribution in [3.8, 4) is 0 Å². The number of nitrogens with one attached hydrogen (secondary N) is 1. The molecule has 0 aliphatic carbocycles. The van der Waals surface area contributed by atoms with Crippen molar-refractivity contribution in [2.45, 2.75) is 71.8 Å². The van der Waals surface area contributed by atoms with Crippen LogP contribution in [0.2, 0.25) is 0 Å². The van der Waals surface area contributed by atoms with E-state index in [9.17, 15) is 0 Å². The Balaban J connectivity index is 2.08. The van der Waals surface area contributed by atoms with Crippen LogP contribution in [0.1, 0.15) is 76.0 Å². The second-order valence-electron chi connectivity index (χ2n) is 5.65. The molecule has 0 bridgehead atoms. The molecule has 0 aliphatic rings. The number of benzene rings is 1. The highest BCUT2D eigenvalue weighted by atomic mass is 14.9. The van der Waals surface area contributed by atoms with Crippen LogP contribution in [0.5, 0.6) is 0 Å². The van der Waals surface area contributed by atoms with E-state index in [2.05, 4.69) is 50.4 Å². The maximum atomic E-state index is 3.64. The van der Waals surface area contributed by atoms with Crippen LogP contribution in [0.25, 0.3) is 0 Å². The Morgan fingerprint density at radius 2 is 1.58 bits per heavy atom. The van der Waals surface area contributed by atoms with Crippen molar-refractivity contribution in [1.82, 2.24) is 5.32 Å². The van der Waals surface area contributed by atoms with Crippen LogP contribution in [-0.2, 0) is 0 Å². The summed E-state index contributed by atoms with van der Waals surface area (Å²) < 4.78 is 0. The van der Waals surface area contributed by atoms with Gasteiger partial charge in [0, 0.05) is 6.04 Å². The van der Waals surface area contributed by atoms with Crippen molar-refractivity contribution in [1.29, 1.82) is 0 Å². The number of hydrogen-bond donors (Lipinski definition) is 1. The second-order valence-corrected chi connectivity index (χ2v) is 5.65. The van der Waals surface area contributed by atoms with Gasteiger partial charge >= 0.3 is 0 Å². The maximum Gasteiger partial charge on any atom is 0.0294 e. The summed E-state index contributed by atoms with van der Waals surface area (Å²) in [5.74, 6) is 0. The largest absolute Gasteiger partial charge is 0.310 e. The Kier molecular flexibility index (Phi) is 8.57. The maximum absolute atomic E-state index is 3.64. The van der Waals surface area contributed by atoms with Gasteiger partial charge in [-0.1, -0.05) is 69.7 Å². The van der Waals surface area contributed by atoms with Gasteiger partial charge in [-0.3, -0.25) is 0 Å². The van der Waals surface area contributed by atoms with Gasteiger partial charge in [-0.25, -0.2) is 0 Å². The molecule has 0 saturated carbocycles. The van der Waals surface area contributed by atoms with Crippen molar-refractivity contribution < 1.29 is 0 Å². The van der Waals surface area contributed by atoms with Crippen molar-refractivity contribution in [2.24, 2.45) is 0 Å². The van der Waals surface area contributed by atoms with Crippen LogP contribution in [0.15, 0.2) is 24.3 Å². The highest BCUT2D eigenvalue weighted by Gasteiger charge is 2.05. The minimum absolute atomic E-state index is 0.473. The van der Waals surface area contributed by atoms with Crippen LogP contribution in [0.3, 0.4) is 0 Å². The number of unbranched alkanes of at least 4 members (excludes halogenated alkanes) is 6. The molecule has 1 aromatic carbocycles. The van der Waals surface area contributed by atoms with Gasteiger partial charge < -0.3 is 5.32 Å². The van der Waals surface area contributed by atoms with Gasteiger partial charge in [0.15, 0.2) is 0 Å². The summed E-state index contributed by atoms with van der Waals surface area (Å²) in [7, 11) is 0. The Hall–Kier alpha value is -0.820. The molecule has 108 valence electrons. The molecule has 1 atom stereocenters. The van der Waals surface area contributed by atoms with E-state index >= 15 is 0 Å². The number of rotatable bonds is 10. The summed E-state index contributed by atoms with van der Waals surface area (Å²) in [6.07, 6.45) is 9.67. The normalized spacial score (nSPS) is 12.6. The molecule has 0 aliphatic heterocycles. The van der Waals surface area contributed by atoms with E-state index in [1.807, 2.05) is 0 Å². The highest BCUT2D eigenvalue weighted by molar-refractivity contribution is 5.28. The lowest BCUT2D eigenvalue weighted by atomic mass is 10.0. The summed E-state index contributed by atoms with van der Waals surface area (Å²) in [5, 5.41) is 3.64. The van der Waals surface area contributed by atoms with Crippen molar-refractivity contribution in [2.75, 3.05) is 6.54 Å². The quantitative estimate of drug-likeness (QED) is 0.556. The fourth-order valence-corrected chi connectivity index (χ4v) is 2.58. The van der Waals surface area contributed by atoms with Gasteiger partial charge in [0.25, 0.3) is 0 Å². The van der Waals surface area contributed by atoms with Crippen molar-refractivity contribution in [3.63, 3.8) is 0 Å². The second kappa shape index (κ2) is 10.0. The van der Waals surface area contributed by atoms with Gasteiger partial charge in [0.1, 0.15) is 0 Å². The SMILES string of the molecule is CCCCCCCCCN[C@@H](C)c1ccccc1C. The van der Waals surface area contributed by atoms with Crippen LogP contribution in [0.4, 0.5) is 0 Å². The topological polar surface area (TPSA) is 12.0 Å². The smallest absolute Gasteiger partial charge is 0.0294 e. The number of hydrogen-bond acceptors (Lipinski definition) is 1. The van der Waals surface area contributed by atoms with Gasteiger partial charge in [-0.2, -0.15) is 0 Å². The molecule has 1 aromatic rings. The van der Waals surface area contributed by atoms with Gasteiger partial charge in [0.2, 0.25) is 0 Å². The third kappa shape index (κ3) is 6.77. The molecule has 0 saturated heterocycles. The molecule has 0 fully saturated rings. The first-order valence-corrected chi connectivity index (χ1v) is 8.04. The molecule has 0 amide bonds.